The highest BCUT2D eigenvalue weighted by Gasteiger charge is 2.23. The van der Waals surface area contributed by atoms with E-state index in [0.29, 0.717) is 48.1 Å². The number of amides is 1. The summed E-state index contributed by atoms with van der Waals surface area (Å²) >= 11 is 0. The average molecular weight is 366 g/mol. The summed E-state index contributed by atoms with van der Waals surface area (Å²) in [6.07, 6.45) is 4.23. The Balaban J connectivity index is 1.53. The molecule has 2 N–H and O–H groups in total. The first-order valence-electron chi connectivity index (χ1n) is 8.71. The van der Waals surface area contributed by atoms with Crippen LogP contribution in [0.1, 0.15) is 18.4 Å². The summed E-state index contributed by atoms with van der Waals surface area (Å²) in [7, 11) is 0. The monoisotopic (exact) mass is 366 g/mol. The molecule has 3 aromatic rings. The van der Waals surface area contributed by atoms with Gasteiger partial charge in [0.2, 0.25) is 0 Å². The highest BCUT2D eigenvalue weighted by atomic mass is 16.4. The molecule has 0 saturated carbocycles. The summed E-state index contributed by atoms with van der Waals surface area (Å²) in [5.41, 5.74) is 1.25. The van der Waals surface area contributed by atoms with E-state index < -0.39 is 6.09 Å². The maximum Gasteiger partial charge on any atom is 0.407 e. The zero-order valence-electron chi connectivity index (χ0n) is 14.5. The minimum Gasteiger partial charge on any atom is -0.465 e. The maximum atomic E-state index is 11.1. The molecule has 1 aliphatic rings. The van der Waals surface area contributed by atoms with Crippen LogP contribution in [-0.4, -0.2) is 50.3 Å². The van der Waals surface area contributed by atoms with Crippen molar-refractivity contribution in [2.75, 3.05) is 25.0 Å². The van der Waals surface area contributed by atoms with Gasteiger partial charge in [-0.05, 0) is 37.0 Å². The molecular formula is C18H18N6O3. The summed E-state index contributed by atoms with van der Waals surface area (Å²) < 4.78 is 6.91. The SMILES string of the molecule is N#Cc1c(-c2ccco2)nn2ccc(NC[C@H]3CCCN(C(=O)O)C3)nc12. The molecule has 1 aliphatic heterocycles. The smallest absolute Gasteiger partial charge is 0.407 e. The molecule has 0 radical (unpaired) electrons. The number of fused-ring (bicyclic) bond motifs is 1. The summed E-state index contributed by atoms with van der Waals surface area (Å²) in [6.45, 7) is 1.73. The van der Waals surface area contributed by atoms with E-state index >= 15 is 0 Å². The third-order valence-electron chi connectivity index (χ3n) is 4.71. The highest BCUT2D eigenvalue weighted by Crippen LogP contribution is 2.26. The summed E-state index contributed by atoms with van der Waals surface area (Å²) in [5.74, 6) is 1.37. The van der Waals surface area contributed by atoms with Crippen LogP contribution in [0, 0.1) is 17.2 Å². The lowest BCUT2D eigenvalue weighted by molar-refractivity contribution is 0.122. The number of likely N-dealkylation sites (tertiary alicyclic amines) is 1. The summed E-state index contributed by atoms with van der Waals surface area (Å²) in [5, 5.41) is 26.3. The van der Waals surface area contributed by atoms with E-state index in [4.69, 9.17) is 9.52 Å². The Labute approximate surface area is 154 Å². The number of furan rings is 1. The quantitative estimate of drug-likeness (QED) is 0.728. The van der Waals surface area contributed by atoms with Crippen LogP contribution in [-0.2, 0) is 0 Å². The number of nitrogens with zero attached hydrogens (tertiary/aromatic N) is 5. The first kappa shape index (κ1) is 16.9. The van der Waals surface area contributed by atoms with Gasteiger partial charge in [-0.15, -0.1) is 0 Å². The predicted molar refractivity (Wildman–Crippen MR) is 96.2 cm³/mol. The van der Waals surface area contributed by atoms with E-state index in [1.54, 1.807) is 28.9 Å². The second kappa shape index (κ2) is 6.99. The molecule has 27 heavy (non-hydrogen) atoms. The first-order valence-corrected chi connectivity index (χ1v) is 8.71. The number of nitriles is 1. The average Bonchev–Trinajstić information content (AvgIpc) is 3.33. The normalized spacial score (nSPS) is 17.0. The van der Waals surface area contributed by atoms with E-state index in [-0.39, 0.29) is 5.92 Å². The molecule has 0 aliphatic carbocycles. The molecule has 1 amide bonds. The maximum absolute atomic E-state index is 11.1. The Kier molecular flexibility index (Phi) is 4.38. The van der Waals surface area contributed by atoms with Crippen LogP contribution in [0.2, 0.25) is 0 Å². The highest BCUT2D eigenvalue weighted by molar-refractivity contribution is 5.72. The van der Waals surface area contributed by atoms with E-state index in [2.05, 4.69) is 21.5 Å². The van der Waals surface area contributed by atoms with Crippen LogP contribution in [0.5, 0.6) is 0 Å². The number of nitrogens with one attached hydrogen (secondary N) is 1. The van der Waals surface area contributed by atoms with Crippen molar-refractivity contribution in [1.82, 2.24) is 19.5 Å². The number of hydrogen-bond acceptors (Lipinski definition) is 6. The van der Waals surface area contributed by atoms with Gasteiger partial charge >= 0.3 is 6.09 Å². The molecule has 9 nitrogen and oxygen atoms in total. The Morgan fingerprint density at radius 2 is 2.37 bits per heavy atom. The number of carbonyl (C=O) groups is 1. The molecule has 4 heterocycles. The Morgan fingerprint density at radius 3 is 3.11 bits per heavy atom. The van der Waals surface area contributed by atoms with Crippen LogP contribution in [0.25, 0.3) is 17.1 Å². The molecule has 1 atom stereocenters. The number of rotatable bonds is 4. The molecule has 0 unspecified atom stereocenters. The standard InChI is InChI=1S/C18H18N6O3/c19-9-13-16(14-4-2-8-27-14)22-24-7-5-15(21-17(13)24)20-10-12-3-1-6-23(11-12)18(25)26/h2,4-5,7-8,12H,1,3,6,10-11H2,(H,20,21)(H,25,26)/t12-/m1/s1. The fourth-order valence-electron chi connectivity index (χ4n) is 3.37. The van der Waals surface area contributed by atoms with Gasteiger partial charge in [0.15, 0.2) is 11.4 Å². The lowest BCUT2D eigenvalue weighted by atomic mass is 9.98. The Bertz CT molecular complexity index is 1000. The molecule has 1 saturated heterocycles. The minimum absolute atomic E-state index is 0.229. The van der Waals surface area contributed by atoms with Crippen LogP contribution in [0.15, 0.2) is 35.1 Å². The topological polar surface area (TPSA) is 120 Å². The molecule has 3 aromatic heterocycles. The number of carboxylic acid groups (broad SMARTS) is 1. The van der Waals surface area contributed by atoms with Gasteiger partial charge in [-0.25, -0.2) is 14.3 Å². The van der Waals surface area contributed by atoms with Crippen LogP contribution in [0.4, 0.5) is 10.6 Å². The van der Waals surface area contributed by atoms with E-state index in [1.165, 1.54) is 11.2 Å². The fraction of sp³-hybridized carbons (Fsp3) is 0.333. The van der Waals surface area contributed by atoms with Gasteiger partial charge in [0.25, 0.3) is 0 Å². The number of anilines is 1. The van der Waals surface area contributed by atoms with E-state index in [0.717, 1.165) is 12.8 Å². The van der Waals surface area contributed by atoms with E-state index in [9.17, 15) is 10.1 Å². The molecule has 0 bridgehead atoms. The van der Waals surface area contributed by atoms with Gasteiger partial charge in [0.1, 0.15) is 23.1 Å². The largest absolute Gasteiger partial charge is 0.465 e. The van der Waals surface area contributed by atoms with Crippen molar-refractivity contribution < 1.29 is 14.3 Å². The number of piperidine rings is 1. The second-order valence-electron chi connectivity index (χ2n) is 6.51. The molecule has 138 valence electrons. The Morgan fingerprint density at radius 1 is 1.48 bits per heavy atom. The van der Waals surface area contributed by atoms with Crippen molar-refractivity contribution in [1.29, 1.82) is 5.26 Å². The van der Waals surface area contributed by atoms with Crippen molar-refractivity contribution in [3.8, 4) is 17.5 Å². The third kappa shape index (κ3) is 3.29. The van der Waals surface area contributed by atoms with Gasteiger partial charge < -0.3 is 19.7 Å². The molecule has 4 rings (SSSR count). The molecule has 0 spiro atoms. The zero-order valence-corrected chi connectivity index (χ0v) is 14.5. The molecule has 1 fully saturated rings. The molecule has 0 aromatic carbocycles. The van der Waals surface area contributed by atoms with Crippen molar-refractivity contribution in [2.24, 2.45) is 5.92 Å². The van der Waals surface area contributed by atoms with E-state index in [1.807, 2.05) is 0 Å². The van der Waals surface area contributed by atoms with Crippen LogP contribution >= 0.6 is 0 Å². The van der Waals surface area contributed by atoms with Crippen molar-refractivity contribution in [2.45, 2.75) is 12.8 Å². The van der Waals surface area contributed by atoms with Gasteiger partial charge in [-0.1, -0.05) is 0 Å². The van der Waals surface area contributed by atoms with Gasteiger partial charge in [-0.2, -0.15) is 10.4 Å². The lowest BCUT2D eigenvalue weighted by Gasteiger charge is -2.30. The van der Waals surface area contributed by atoms with Crippen LogP contribution in [0.3, 0.4) is 0 Å². The van der Waals surface area contributed by atoms with Gasteiger partial charge in [-0.3, -0.25) is 0 Å². The molecular weight excluding hydrogens is 348 g/mol. The molecule has 9 heteroatoms. The predicted octanol–water partition coefficient (Wildman–Crippen LogP) is 2.66. The van der Waals surface area contributed by atoms with Gasteiger partial charge in [0, 0.05) is 25.8 Å². The van der Waals surface area contributed by atoms with Crippen molar-refractivity contribution >= 4 is 17.6 Å². The minimum atomic E-state index is -0.873. The number of aromatic nitrogens is 3. The van der Waals surface area contributed by atoms with Crippen molar-refractivity contribution in [3.05, 3.63) is 36.2 Å². The second-order valence-corrected chi connectivity index (χ2v) is 6.51. The number of hydrogen-bond donors (Lipinski definition) is 2. The third-order valence-corrected chi connectivity index (χ3v) is 4.71. The Hall–Kier alpha value is -3.54. The fourth-order valence-corrected chi connectivity index (χ4v) is 3.37. The zero-order chi connectivity index (χ0) is 18.8. The van der Waals surface area contributed by atoms with Crippen LogP contribution < -0.4 is 5.32 Å². The summed E-state index contributed by atoms with van der Waals surface area (Å²) in [4.78, 5) is 17.1. The summed E-state index contributed by atoms with van der Waals surface area (Å²) in [6, 6.07) is 7.43. The first-order chi connectivity index (χ1) is 13.2. The van der Waals surface area contributed by atoms with Crippen molar-refractivity contribution in [3.63, 3.8) is 0 Å². The van der Waals surface area contributed by atoms with Gasteiger partial charge in [0.05, 0.1) is 6.26 Å². The lowest BCUT2D eigenvalue weighted by Crippen LogP contribution is -2.41.